The van der Waals surface area contributed by atoms with Crippen LogP contribution in [0.1, 0.15) is 17.3 Å². The number of aromatic nitrogens is 2. The lowest BCUT2D eigenvalue weighted by atomic mass is 10.0. The van der Waals surface area contributed by atoms with E-state index in [-0.39, 0.29) is 0 Å². The molecule has 0 bridgehead atoms. The highest BCUT2D eigenvalue weighted by Gasteiger charge is 2.24. The van der Waals surface area contributed by atoms with Crippen LogP contribution in [-0.4, -0.2) is 28.8 Å². The van der Waals surface area contributed by atoms with Gasteiger partial charge < -0.3 is 4.74 Å². The fourth-order valence-corrected chi connectivity index (χ4v) is 3.41. The van der Waals surface area contributed by atoms with Gasteiger partial charge in [0.05, 0.1) is 22.9 Å². The van der Waals surface area contributed by atoms with Gasteiger partial charge in [-0.2, -0.15) is 0 Å². The smallest absolute Gasteiger partial charge is 0.342 e. The lowest BCUT2D eigenvalue weighted by Crippen LogP contribution is -2.11. The Morgan fingerprint density at radius 1 is 1.12 bits per heavy atom. The number of thiophene rings is 1. The second kappa shape index (κ2) is 7.59. The maximum absolute atomic E-state index is 12.7. The standard InChI is InChI=1S/C18H16N2O2S2/c1-3-22-17(21)14-15(12-8-5-4-6-9-12)19-18(23-2)20-16(14)13-10-7-11-24-13/h4-11H,3H2,1-2H3. The monoisotopic (exact) mass is 356 g/mol. The minimum Gasteiger partial charge on any atom is -0.462 e. The maximum Gasteiger partial charge on any atom is 0.342 e. The summed E-state index contributed by atoms with van der Waals surface area (Å²) < 4.78 is 5.28. The first-order valence-corrected chi connectivity index (χ1v) is 9.57. The molecule has 1 aromatic carbocycles. The zero-order valence-corrected chi connectivity index (χ0v) is 15.0. The number of hydrogen-bond donors (Lipinski definition) is 0. The minimum absolute atomic E-state index is 0.307. The third-order valence-corrected chi connectivity index (χ3v) is 4.78. The molecule has 2 aromatic heterocycles. The predicted octanol–water partition coefficient (Wildman–Crippen LogP) is 4.77. The molecule has 6 heteroatoms. The number of benzene rings is 1. The van der Waals surface area contributed by atoms with Crippen LogP contribution in [0, 0.1) is 0 Å². The van der Waals surface area contributed by atoms with Crippen LogP contribution in [0.5, 0.6) is 0 Å². The Kier molecular flexibility index (Phi) is 5.27. The summed E-state index contributed by atoms with van der Waals surface area (Å²) in [5.74, 6) is -0.396. The summed E-state index contributed by atoms with van der Waals surface area (Å²) >= 11 is 2.99. The van der Waals surface area contributed by atoms with Crippen molar-refractivity contribution in [3.63, 3.8) is 0 Å². The molecule has 3 rings (SSSR count). The molecule has 4 nitrogen and oxygen atoms in total. The van der Waals surface area contributed by atoms with E-state index in [4.69, 9.17) is 4.74 Å². The van der Waals surface area contributed by atoms with Gasteiger partial charge in [-0.25, -0.2) is 14.8 Å². The average Bonchev–Trinajstić information content (AvgIpc) is 3.16. The van der Waals surface area contributed by atoms with E-state index >= 15 is 0 Å². The van der Waals surface area contributed by atoms with E-state index in [0.29, 0.717) is 28.7 Å². The maximum atomic E-state index is 12.7. The van der Waals surface area contributed by atoms with Gasteiger partial charge in [-0.05, 0) is 24.6 Å². The SMILES string of the molecule is CCOC(=O)c1c(-c2ccccc2)nc(SC)nc1-c1cccs1. The van der Waals surface area contributed by atoms with E-state index < -0.39 is 5.97 Å². The van der Waals surface area contributed by atoms with Crippen LogP contribution in [0.2, 0.25) is 0 Å². The van der Waals surface area contributed by atoms with Crippen LogP contribution < -0.4 is 0 Å². The van der Waals surface area contributed by atoms with Gasteiger partial charge in [0, 0.05) is 5.56 Å². The summed E-state index contributed by atoms with van der Waals surface area (Å²) in [6.45, 7) is 2.10. The van der Waals surface area contributed by atoms with Crippen molar-refractivity contribution < 1.29 is 9.53 Å². The summed E-state index contributed by atoms with van der Waals surface area (Å²) in [4.78, 5) is 22.7. The first-order valence-electron chi connectivity index (χ1n) is 7.47. The normalized spacial score (nSPS) is 10.6. The number of esters is 1. The van der Waals surface area contributed by atoms with Crippen LogP contribution in [0.15, 0.2) is 53.0 Å². The van der Waals surface area contributed by atoms with Gasteiger partial charge in [0.1, 0.15) is 5.56 Å². The topological polar surface area (TPSA) is 52.1 Å². The van der Waals surface area contributed by atoms with Gasteiger partial charge >= 0.3 is 5.97 Å². The molecule has 0 atom stereocenters. The number of hydrogen-bond acceptors (Lipinski definition) is 6. The van der Waals surface area contributed by atoms with Gasteiger partial charge in [-0.3, -0.25) is 0 Å². The lowest BCUT2D eigenvalue weighted by molar-refractivity contribution is 0.0527. The van der Waals surface area contributed by atoms with Crippen molar-refractivity contribution in [3.05, 3.63) is 53.4 Å². The molecule has 0 N–H and O–H groups in total. The molecule has 0 saturated heterocycles. The first kappa shape index (κ1) is 16.7. The zero-order chi connectivity index (χ0) is 16.9. The van der Waals surface area contributed by atoms with Gasteiger partial charge in [0.2, 0.25) is 0 Å². The van der Waals surface area contributed by atoms with E-state index in [1.807, 2.05) is 54.1 Å². The van der Waals surface area contributed by atoms with Crippen molar-refractivity contribution in [2.45, 2.75) is 12.1 Å². The summed E-state index contributed by atoms with van der Waals surface area (Å²) in [6, 6.07) is 13.6. The molecular weight excluding hydrogens is 340 g/mol. The second-order valence-corrected chi connectivity index (χ2v) is 6.57. The minimum atomic E-state index is -0.396. The summed E-state index contributed by atoms with van der Waals surface area (Å²) in [7, 11) is 0. The Balaban J connectivity index is 2.30. The molecule has 122 valence electrons. The highest BCUT2D eigenvalue weighted by atomic mass is 32.2. The molecule has 0 amide bonds. The van der Waals surface area contributed by atoms with Crippen molar-refractivity contribution in [2.75, 3.05) is 12.9 Å². The van der Waals surface area contributed by atoms with E-state index in [9.17, 15) is 4.79 Å². The number of thioether (sulfide) groups is 1. The van der Waals surface area contributed by atoms with E-state index in [0.717, 1.165) is 10.4 Å². The van der Waals surface area contributed by atoms with Crippen molar-refractivity contribution in [3.8, 4) is 21.8 Å². The number of ether oxygens (including phenoxy) is 1. The largest absolute Gasteiger partial charge is 0.462 e. The molecule has 0 aliphatic rings. The highest BCUT2D eigenvalue weighted by Crippen LogP contribution is 2.34. The van der Waals surface area contributed by atoms with Gasteiger partial charge in [-0.1, -0.05) is 48.2 Å². The van der Waals surface area contributed by atoms with E-state index in [2.05, 4.69) is 9.97 Å². The van der Waals surface area contributed by atoms with Crippen molar-refractivity contribution in [1.82, 2.24) is 9.97 Å². The Hall–Kier alpha value is -2.18. The number of carbonyl (C=O) groups excluding carboxylic acids is 1. The Labute approximate surface area is 148 Å². The highest BCUT2D eigenvalue weighted by molar-refractivity contribution is 7.98. The van der Waals surface area contributed by atoms with Gasteiger partial charge in [-0.15, -0.1) is 11.3 Å². The Bertz CT molecular complexity index is 834. The van der Waals surface area contributed by atoms with Gasteiger partial charge in [0.25, 0.3) is 0 Å². The molecule has 0 saturated carbocycles. The van der Waals surface area contributed by atoms with Crippen molar-refractivity contribution in [1.29, 1.82) is 0 Å². The summed E-state index contributed by atoms with van der Waals surface area (Å²) in [6.07, 6.45) is 1.92. The van der Waals surface area contributed by atoms with E-state index in [1.165, 1.54) is 11.8 Å². The van der Waals surface area contributed by atoms with Crippen LogP contribution in [-0.2, 0) is 4.74 Å². The van der Waals surface area contributed by atoms with Crippen LogP contribution in [0.25, 0.3) is 21.8 Å². The predicted molar refractivity (Wildman–Crippen MR) is 98.5 cm³/mol. The molecule has 0 aliphatic carbocycles. The zero-order valence-electron chi connectivity index (χ0n) is 13.4. The fourth-order valence-electron chi connectivity index (χ4n) is 2.32. The Morgan fingerprint density at radius 2 is 1.88 bits per heavy atom. The summed E-state index contributed by atoms with van der Waals surface area (Å²) in [5.41, 5.74) is 2.53. The van der Waals surface area contributed by atoms with Crippen molar-refractivity contribution in [2.24, 2.45) is 0 Å². The number of nitrogens with zero attached hydrogens (tertiary/aromatic N) is 2. The number of rotatable bonds is 5. The first-order chi connectivity index (χ1) is 11.7. The van der Waals surface area contributed by atoms with Crippen LogP contribution >= 0.6 is 23.1 Å². The molecule has 2 heterocycles. The average molecular weight is 356 g/mol. The Morgan fingerprint density at radius 3 is 2.50 bits per heavy atom. The van der Waals surface area contributed by atoms with Crippen LogP contribution in [0.3, 0.4) is 0 Å². The molecule has 0 fully saturated rings. The second-order valence-electron chi connectivity index (χ2n) is 4.85. The quantitative estimate of drug-likeness (QED) is 0.374. The molecule has 24 heavy (non-hydrogen) atoms. The third kappa shape index (κ3) is 3.34. The lowest BCUT2D eigenvalue weighted by Gasteiger charge is -2.13. The fraction of sp³-hybridized carbons (Fsp3) is 0.167. The van der Waals surface area contributed by atoms with Crippen LogP contribution in [0.4, 0.5) is 0 Å². The molecule has 0 unspecified atom stereocenters. The molecule has 0 aliphatic heterocycles. The molecular formula is C18H16N2O2S2. The van der Waals surface area contributed by atoms with Gasteiger partial charge in [0.15, 0.2) is 5.16 Å². The third-order valence-electron chi connectivity index (χ3n) is 3.35. The summed E-state index contributed by atoms with van der Waals surface area (Å²) in [5, 5.41) is 2.60. The van der Waals surface area contributed by atoms with Crippen molar-refractivity contribution >= 4 is 29.1 Å². The molecule has 0 spiro atoms. The van der Waals surface area contributed by atoms with E-state index in [1.54, 1.807) is 18.3 Å². The number of carbonyl (C=O) groups is 1. The molecule has 3 aromatic rings. The molecule has 0 radical (unpaired) electrons.